The first-order valence-corrected chi connectivity index (χ1v) is 5.97. The standard InChI is InChI=1S/C13H20N2O2/c1-5-9(2)11(4)14-12-8-6-7-10(3)13(12)15(16)17/h6-9,11,14H,5H2,1-4H3. The molecule has 1 rings (SSSR count). The second-order valence-corrected chi connectivity index (χ2v) is 4.55. The van der Waals surface area contributed by atoms with E-state index in [1.807, 2.05) is 6.07 Å². The molecule has 0 radical (unpaired) electrons. The summed E-state index contributed by atoms with van der Waals surface area (Å²) in [5.41, 5.74) is 1.49. The van der Waals surface area contributed by atoms with Gasteiger partial charge in [0, 0.05) is 11.6 Å². The van der Waals surface area contributed by atoms with E-state index in [1.165, 1.54) is 0 Å². The molecular weight excluding hydrogens is 216 g/mol. The highest BCUT2D eigenvalue weighted by Crippen LogP contribution is 2.29. The van der Waals surface area contributed by atoms with Crippen molar-refractivity contribution in [3.05, 3.63) is 33.9 Å². The van der Waals surface area contributed by atoms with Crippen LogP contribution < -0.4 is 5.32 Å². The lowest BCUT2D eigenvalue weighted by atomic mass is 10.0. The van der Waals surface area contributed by atoms with Crippen LogP contribution in [0.1, 0.15) is 32.8 Å². The van der Waals surface area contributed by atoms with Crippen LogP contribution in [0.2, 0.25) is 0 Å². The van der Waals surface area contributed by atoms with Gasteiger partial charge in [0.05, 0.1) is 4.92 Å². The van der Waals surface area contributed by atoms with Crippen molar-refractivity contribution >= 4 is 11.4 Å². The fraction of sp³-hybridized carbons (Fsp3) is 0.538. The van der Waals surface area contributed by atoms with Gasteiger partial charge in [0.2, 0.25) is 0 Å². The van der Waals surface area contributed by atoms with Gasteiger partial charge in [-0.3, -0.25) is 10.1 Å². The fourth-order valence-electron chi connectivity index (χ4n) is 1.76. The Bertz CT molecular complexity index is 404. The summed E-state index contributed by atoms with van der Waals surface area (Å²) in [4.78, 5) is 10.7. The van der Waals surface area contributed by atoms with Crippen molar-refractivity contribution in [3.8, 4) is 0 Å². The molecule has 2 atom stereocenters. The molecule has 1 aromatic carbocycles. The molecule has 0 aliphatic carbocycles. The molecule has 0 aliphatic rings. The van der Waals surface area contributed by atoms with E-state index < -0.39 is 0 Å². The van der Waals surface area contributed by atoms with Crippen LogP contribution >= 0.6 is 0 Å². The second kappa shape index (κ2) is 5.66. The zero-order valence-electron chi connectivity index (χ0n) is 10.9. The van der Waals surface area contributed by atoms with Crippen LogP contribution in [0.5, 0.6) is 0 Å². The number of hydrogen-bond acceptors (Lipinski definition) is 3. The first kappa shape index (κ1) is 13.5. The molecule has 94 valence electrons. The summed E-state index contributed by atoms with van der Waals surface area (Å²) < 4.78 is 0. The largest absolute Gasteiger partial charge is 0.377 e. The summed E-state index contributed by atoms with van der Waals surface area (Å²) in [5, 5.41) is 14.3. The van der Waals surface area contributed by atoms with Crippen molar-refractivity contribution in [1.82, 2.24) is 0 Å². The van der Waals surface area contributed by atoms with Crippen molar-refractivity contribution < 1.29 is 4.92 Å². The zero-order chi connectivity index (χ0) is 13.0. The SMILES string of the molecule is CCC(C)C(C)Nc1cccc(C)c1[N+](=O)[O-]. The van der Waals surface area contributed by atoms with Gasteiger partial charge in [-0.25, -0.2) is 0 Å². The molecule has 0 fully saturated rings. The minimum absolute atomic E-state index is 0.183. The fourth-order valence-corrected chi connectivity index (χ4v) is 1.76. The molecule has 0 aromatic heterocycles. The van der Waals surface area contributed by atoms with Crippen LogP contribution in [0.25, 0.3) is 0 Å². The number of rotatable bonds is 5. The number of nitro groups is 1. The van der Waals surface area contributed by atoms with Gasteiger partial charge in [-0.1, -0.05) is 32.4 Å². The topological polar surface area (TPSA) is 55.2 Å². The highest BCUT2D eigenvalue weighted by Gasteiger charge is 2.19. The highest BCUT2D eigenvalue weighted by molar-refractivity contribution is 5.65. The van der Waals surface area contributed by atoms with Crippen molar-refractivity contribution in [2.75, 3.05) is 5.32 Å². The summed E-state index contributed by atoms with van der Waals surface area (Å²) in [5.74, 6) is 0.482. The molecule has 0 spiro atoms. The lowest BCUT2D eigenvalue weighted by molar-refractivity contribution is -0.384. The number of benzene rings is 1. The van der Waals surface area contributed by atoms with Gasteiger partial charge >= 0.3 is 0 Å². The van der Waals surface area contributed by atoms with Gasteiger partial charge < -0.3 is 5.32 Å². The monoisotopic (exact) mass is 236 g/mol. The molecule has 0 saturated carbocycles. The van der Waals surface area contributed by atoms with Gasteiger partial charge in [0.25, 0.3) is 5.69 Å². The molecule has 0 saturated heterocycles. The Morgan fingerprint density at radius 2 is 2.06 bits per heavy atom. The van der Waals surface area contributed by atoms with Crippen LogP contribution in [0.3, 0.4) is 0 Å². The van der Waals surface area contributed by atoms with E-state index in [-0.39, 0.29) is 16.7 Å². The van der Waals surface area contributed by atoms with E-state index in [1.54, 1.807) is 19.1 Å². The Morgan fingerprint density at radius 3 is 2.59 bits per heavy atom. The lowest BCUT2D eigenvalue weighted by Crippen LogP contribution is -2.23. The van der Waals surface area contributed by atoms with Gasteiger partial charge in [-0.05, 0) is 25.8 Å². The van der Waals surface area contributed by atoms with Gasteiger partial charge in [0.1, 0.15) is 5.69 Å². The quantitative estimate of drug-likeness (QED) is 0.625. The van der Waals surface area contributed by atoms with Crippen molar-refractivity contribution in [3.63, 3.8) is 0 Å². The molecule has 1 aromatic rings. The zero-order valence-corrected chi connectivity index (χ0v) is 10.9. The van der Waals surface area contributed by atoms with Crippen molar-refractivity contribution in [1.29, 1.82) is 0 Å². The maximum absolute atomic E-state index is 11.0. The van der Waals surface area contributed by atoms with Crippen molar-refractivity contribution in [2.45, 2.75) is 40.2 Å². The first-order valence-electron chi connectivity index (χ1n) is 5.97. The molecule has 2 unspecified atom stereocenters. The smallest absolute Gasteiger partial charge is 0.295 e. The minimum Gasteiger partial charge on any atom is -0.377 e. The van der Waals surface area contributed by atoms with Crippen molar-refractivity contribution in [2.24, 2.45) is 5.92 Å². The summed E-state index contributed by atoms with van der Waals surface area (Å²) in [6.45, 7) is 8.07. The van der Waals surface area contributed by atoms with Gasteiger partial charge in [-0.2, -0.15) is 0 Å². The molecule has 4 nitrogen and oxygen atoms in total. The number of nitrogens with one attached hydrogen (secondary N) is 1. The normalized spacial score (nSPS) is 14.1. The van der Waals surface area contributed by atoms with Gasteiger partial charge in [-0.15, -0.1) is 0 Å². The second-order valence-electron chi connectivity index (χ2n) is 4.55. The number of nitrogens with zero attached hydrogens (tertiary/aromatic N) is 1. The number of anilines is 1. The highest BCUT2D eigenvalue weighted by atomic mass is 16.6. The molecule has 0 bridgehead atoms. The van der Waals surface area contributed by atoms with E-state index >= 15 is 0 Å². The van der Waals surface area contributed by atoms with E-state index in [9.17, 15) is 10.1 Å². The van der Waals surface area contributed by atoms with Crippen LogP contribution in [-0.4, -0.2) is 11.0 Å². The third-order valence-corrected chi connectivity index (χ3v) is 3.30. The van der Waals surface area contributed by atoms with Gasteiger partial charge in [0.15, 0.2) is 0 Å². The number of hydrogen-bond donors (Lipinski definition) is 1. The Hall–Kier alpha value is -1.58. The predicted octanol–water partition coefficient (Wildman–Crippen LogP) is 3.75. The number of para-hydroxylation sites is 1. The molecule has 17 heavy (non-hydrogen) atoms. The van der Waals surface area contributed by atoms with Crippen LogP contribution in [0, 0.1) is 23.0 Å². The average molecular weight is 236 g/mol. The van der Waals surface area contributed by atoms with Crippen LogP contribution in [-0.2, 0) is 0 Å². The van der Waals surface area contributed by atoms with E-state index in [2.05, 4.69) is 26.1 Å². The maximum Gasteiger partial charge on any atom is 0.295 e. The summed E-state index contributed by atoms with van der Waals surface area (Å²) >= 11 is 0. The van der Waals surface area contributed by atoms with Crippen LogP contribution in [0.15, 0.2) is 18.2 Å². The third-order valence-electron chi connectivity index (χ3n) is 3.30. The van der Waals surface area contributed by atoms with E-state index in [0.29, 0.717) is 17.2 Å². The molecular formula is C13H20N2O2. The lowest BCUT2D eigenvalue weighted by Gasteiger charge is -2.21. The Labute approximate surface area is 102 Å². The Morgan fingerprint density at radius 1 is 1.41 bits per heavy atom. The predicted molar refractivity (Wildman–Crippen MR) is 70.4 cm³/mol. The van der Waals surface area contributed by atoms with E-state index in [4.69, 9.17) is 0 Å². The third kappa shape index (κ3) is 3.19. The molecule has 4 heteroatoms. The molecule has 0 aliphatic heterocycles. The average Bonchev–Trinajstić information content (AvgIpc) is 2.27. The van der Waals surface area contributed by atoms with Crippen LogP contribution in [0.4, 0.5) is 11.4 Å². The molecule has 0 heterocycles. The summed E-state index contributed by atoms with van der Waals surface area (Å²) in [6.07, 6.45) is 1.05. The number of nitro benzene ring substituents is 1. The number of aryl methyl sites for hydroxylation is 1. The first-order chi connectivity index (χ1) is 7.97. The molecule has 0 amide bonds. The Kier molecular flexibility index (Phi) is 4.49. The summed E-state index contributed by atoms with van der Waals surface area (Å²) in [6, 6.07) is 5.59. The maximum atomic E-state index is 11.0. The van der Waals surface area contributed by atoms with E-state index in [0.717, 1.165) is 6.42 Å². The summed E-state index contributed by atoms with van der Waals surface area (Å²) in [7, 11) is 0. The minimum atomic E-state index is -0.318. The molecule has 1 N–H and O–H groups in total. The Balaban J connectivity index is 2.98.